The molecular formula is C19H18N2O3. The van der Waals surface area contributed by atoms with E-state index in [1.54, 1.807) is 7.11 Å². The van der Waals surface area contributed by atoms with Gasteiger partial charge in [0.15, 0.2) is 0 Å². The molecule has 0 unspecified atom stereocenters. The maximum atomic E-state index is 12.6. The number of aromatic amines is 1. The average molecular weight is 322 g/mol. The number of H-pyrrole nitrogens is 1. The van der Waals surface area contributed by atoms with Gasteiger partial charge in [0.25, 0.3) is 0 Å². The lowest BCUT2D eigenvalue weighted by Crippen LogP contribution is -2.32. The van der Waals surface area contributed by atoms with Gasteiger partial charge in [0.1, 0.15) is 18.1 Å². The fourth-order valence-electron chi connectivity index (χ4n) is 3.08. The van der Waals surface area contributed by atoms with Crippen molar-refractivity contribution in [2.75, 3.05) is 19.0 Å². The van der Waals surface area contributed by atoms with E-state index in [0.717, 1.165) is 33.7 Å². The molecular weight excluding hydrogens is 304 g/mol. The lowest BCUT2D eigenvalue weighted by Gasteiger charge is -2.24. The standard InChI is InChI=1S/C19H18N2O3/c1-23-14-6-7-18-12(9-14)8-13(11-24-18)19(22)21-17-10-20-16-5-3-2-4-15(16)17/h2-7,9-10,13,20H,8,11H2,1H3,(H,21,22)/t13-/m1/s1. The van der Waals surface area contributed by atoms with Gasteiger partial charge in [-0.05, 0) is 36.2 Å². The Morgan fingerprint density at radius 2 is 2.17 bits per heavy atom. The van der Waals surface area contributed by atoms with Crippen LogP contribution in [0.15, 0.2) is 48.7 Å². The number of rotatable bonds is 3. The summed E-state index contributed by atoms with van der Waals surface area (Å²) in [7, 11) is 1.63. The van der Waals surface area contributed by atoms with Crippen LogP contribution < -0.4 is 14.8 Å². The van der Waals surface area contributed by atoms with Gasteiger partial charge in [-0.25, -0.2) is 0 Å². The van der Waals surface area contributed by atoms with E-state index in [1.807, 2.05) is 48.7 Å². The predicted molar refractivity (Wildman–Crippen MR) is 92.6 cm³/mol. The summed E-state index contributed by atoms with van der Waals surface area (Å²) in [5, 5.41) is 4.02. The number of hydrogen-bond acceptors (Lipinski definition) is 3. The van der Waals surface area contributed by atoms with Crippen molar-refractivity contribution in [1.29, 1.82) is 0 Å². The molecule has 5 nitrogen and oxygen atoms in total. The molecule has 5 heteroatoms. The summed E-state index contributed by atoms with van der Waals surface area (Å²) in [5.41, 5.74) is 2.80. The number of fused-ring (bicyclic) bond motifs is 2. The molecule has 0 aliphatic carbocycles. The first kappa shape index (κ1) is 14.6. The van der Waals surface area contributed by atoms with Gasteiger partial charge in [-0.3, -0.25) is 4.79 Å². The molecule has 3 aromatic rings. The van der Waals surface area contributed by atoms with E-state index in [0.29, 0.717) is 13.0 Å². The topological polar surface area (TPSA) is 63.3 Å². The first-order valence-corrected chi connectivity index (χ1v) is 7.91. The Bertz CT molecular complexity index is 901. The van der Waals surface area contributed by atoms with Crippen LogP contribution >= 0.6 is 0 Å². The lowest BCUT2D eigenvalue weighted by molar-refractivity contribution is -0.121. The zero-order valence-electron chi connectivity index (χ0n) is 13.3. The van der Waals surface area contributed by atoms with Crippen molar-refractivity contribution >= 4 is 22.5 Å². The second-order valence-electron chi connectivity index (χ2n) is 5.92. The van der Waals surface area contributed by atoms with E-state index in [1.165, 1.54) is 0 Å². The monoisotopic (exact) mass is 322 g/mol. The van der Waals surface area contributed by atoms with Crippen molar-refractivity contribution in [1.82, 2.24) is 4.98 Å². The van der Waals surface area contributed by atoms with Gasteiger partial charge in [0.05, 0.1) is 18.7 Å². The highest BCUT2D eigenvalue weighted by Gasteiger charge is 2.27. The third kappa shape index (κ3) is 2.58. The zero-order chi connectivity index (χ0) is 16.5. The van der Waals surface area contributed by atoms with Gasteiger partial charge in [-0.1, -0.05) is 18.2 Å². The van der Waals surface area contributed by atoms with Gasteiger partial charge < -0.3 is 19.8 Å². The van der Waals surface area contributed by atoms with Gasteiger partial charge in [0.2, 0.25) is 5.91 Å². The van der Waals surface area contributed by atoms with E-state index in [-0.39, 0.29) is 11.8 Å². The number of carbonyl (C=O) groups is 1. The van der Waals surface area contributed by atoms with Crippen LogP contribution in [0.3, 0.4) is 0 Å². The van der Waals surface area contributed by atoms with Crippen LogP contribution in [0, 0.1) is 5.92 Å². The summed E-state index contributed by atoms with van der Waals surface area (Å²) in [6.07, 6.45) is 2.46. The second kappa shape index (κ2) is 5.92. The van der Waals surface area contributed by atoms with Crippen LogP contribution in [0.4, 0.5) is 5.69 Å². The fraction of sp³-hybridized carbons (Fsp3) is 0.211. The highest BCUT2D eigenvalue weighted by Crippen LogP contribution is 2.31. The summed E-state index contributed by atoms with van der Waals surface area (Å²) in [4.78, 5) is 15.8. The van der Waals surface area contributed by atoms with Crippen LogP contribution in [0.2, 0.25) is 0 Å². The Balaban J connectivity index is 1.53. The number of benzene rings is 2. The molecule has 2 heterocycles. The molecule has 1 aromatic heterocycles. The van der Waals surface area contributed by atoms with E-state index in [9.17, 15) is 4.79 Å². The number of methoxy groups -OCH3 is 1. The summed E-state index contributed by atoms with van der Waals surface area (Å²) < 4.78 is 11.0. The molecule has 0 radical (unpaired) electrons. The number of aromatic nitrogens is 1. The maximum absolute atomic E-state index is 12.6. The highest BCUT2D eigenvalue weighted by atomic mass is 16.5. The van der Waals surface area contributed by atoms with E-state index >= 15 is 0 Å². The summed E-state index contributed by atoms with van der Waals surface area (Å²) in [6, 6.07) is 13.6. The Morgan fingerprint density at radius 1 is 1.29 bits per heavy atom. The number of amides is 1. The summed E-state index contributed by atoms with van der Waals surface area (Å²) in [6.45, 7) is 0.382. The van der Waals surface area contributed by atoms with Crippen LogP contribution in [-0.4, -0.2) is 24.6 Å². The molecule has 122 valence electrons. The highest BCUT2D eigenvalue weighted by molar-refractivity contribution is 6.02. The van der Waals surface area contributed by atoms with Crippen molar-refractivity contribution < 1.29 is 14.3 Å². The summed E-state index contributed by atoms with van der Waals surface area (Å²) in [5.74, 6) is 1.34. The van der Waals surface area contributed by atoms with E-state index in [2.05, 4.69) is 10.3 Å². The van der Waals surface area contributed by atoms with Crippen molar-refractivity contribution in [3.8, 4) is 11.5 Å². The van der Waals surface area contributed by atoms with Crippen molar-refractivity contribution in [3.63, 3.8) is 0 Å². The smallest absolute Gasteiger partial charge is 0.231 e. The SMILES string of the molecule is COc1ccc2c(c1)C[C@@H](C(=O)Nc1c[nH]c3ccccc13)CO2. The zero-order valence-corrected chi connectivity index (χ0v) is 13.3. The Hall–Kier alpha value is -2.95. The molecule has 0 fully saturated rings. The van der Waals surface area contributed by atoms with Crippen LogP contribution in [0.25, 0.3) is 10.9 Å². The average Bonchev–Trinajstić information content (AvgIpc) is 3.03. The Labute approximate surface area is 139 Å². The largest absolute Gasteiger partial charge is 0.497 e. The van der Waals surface area contributed by atoms with Crippen molar-refractivity contribution in [2.45, 2.75) is 6.42 Å². The van der Waals surface area contributed by atoms with Crippen molar-refractivity contribution in [3.05, 3.63) is 54.2 Å². The molecule has 4 rings (SSSR count). The number of ether oxygens (including phenoxy) is 2. The third-order valence-corrected chi connectivity index (χ3v) is 4.39. The maximum Gasteiger partial charge on any atom is 0.231 e. The first-order valence-electron chi connectivity index (χ1n) is 7.91. The molecule has 0 saturated carbocycles. The Morgan fingerprint density at radius 3 is 3.04 bits per heavy atom. The quantitative estimate of drug-likeness (QED) is 0.777. The van der Waals surface area contributed by atoms with Crippen molar-refractivity contribution in [2.24, 2.45) is 5.92 Å². The molecule has 0 bridgehead atoms. The molecule has 2 aromatic carbocycles. The molecule has 1 aliphatic heterocycles. The minimum absolute atomic E-state index is 0.0341. The number of nitrogens with one attached hydrogen (secondary N) is 2. The van der Waals surface area contributed by atoms with Gasteiger partial charge in [-0.15, -0.1) is 0 Å². The second-order valence-corrected chi connectivity index (χ2v) is 5.92. The normalized spacial score (nSPS) is 16.3. The van der Waals surface area contributed by atoms with Gasteiger partial charge >= 0.3 is 0 Å². The third-order valence-electron chi connectivity index (χ3n) is 4.39. The minimum atomic E-state index is -0.224. The number of para-hydroxylation sites is 1. The fourth-order valence-corrected chi connectivity index (χ4v) is 3.08. The molecule has 1 amide bonds. The molecule has 0 saturated heterocycles. The Kier molecular flexibility index (Phi) is 3.61. The van der Waals surface area contributed by atoms with Gasteiger partial charge in [0, 0.05) is 17.1 Å². The molecule has 1 aliphatic rings. The lowest BCUT2D eigenvalue weighted by atomic mass is 9.95. The molecule has 24 heavy (non-hydrogen) atoms. The van der Waals surface area contributed by atoms with Crippen LogP contribution in [0.1, 0.15) is 5.56 Å². The molecule has 0 spiro atoms. The molecule has 1 atom stereocenters. The minimum Gasteiger partial charge on any atom is -0.497 e. The van der Waals surface area contributed by atoms with Crippen LogP contribution in [-0.2, 0) is 11.2 Å². The summed E-state index contributed by atoms with van der Waals surface area (Å²) >= 11 is 0. The number of anilines is 1. The first-order chi connectivity index (χ1) is 11.7. The number of hydrogen-bond donors (Lipinski definition) is 2. The van der Waals surface area contributed by atoms with E-state index in [4.69, 9.17) is 9.47 Å². The van der Waals surface area contributed by atoms with Gasteiger partial charge in [-0.2, -0.15) is 0 Å². The van der Waals surface area contributed by atoms with Crippen LogP contribution in [0.5, 0.6) is 11.5 Å². The molecule has 2 N–H and O–H groups in total. The number of carbonyl (C=O) groups excluding carboxylic acids is 1. The predicted octanol–water partition coefficient (Wildman–Crippen LogP) is 3.37. The van der Waals surface area contributed by atoms with E-state index < -0.39 is 0 Å².